The molecule has 1 saturated heterocycles. The molecule has 26 heavy (non-hydrogen) atoms. The van der Waals surface area contributed by atoms with Crippen LogP contribution in [-0.4, -0.2) is 29.6 Å². The van der Waals surface area contributed by atoms with Crippen LogP contribution < -0.4 is 10.1 Å². The maximum absolute atomic E-state index is 13.7. The number of rotatable bonds is 6. The smallest absolute Gasteiger partial charge is 0.224 e. The minimum Gasteiger partial charge on any atom is -0.494 e. The summed E-state index contributed by atoms with van der Waals surface area (Å²) >= 11 is 0. The van der Waals surface area contributed by atoms with Gasteiger partial charge in [0.1, 0.15) is 6.10 Å². The molecule has 1 aliphatic heterocycles. The zero-order valence-electron chi connectivity index (χ0n) is 14.7. The molecule has 1 aliphatic rings. The van der Waals surface area contributed by atoms with Gasteiger partial charge >= 0.3 is 0 Å². The van der Waals surface area contributed by atoms with Gasteiger partial charge in [-0.25, -0.2) is 14.4 Å². The molecule has 6 nitrogen and oxygen atoms in total. The van der Waals surface area contributed by atoms with E-state index in [1.165, 1.54) is 19.2 Å². The summed E-state index contributed by atoms with van der Waals surface area (Å²) in [4.78, 5) is 20.7. The minimum absolute atomic E-state index is 0.0302. The van der Waals surface area contributed by atoms with Crippen molar-refractivity contribution >= 4 is 5.91 Å². The molecule has 0 aliphatic carbocycles. The van der Waals surface area contributed by atoms with E-state index in [-0.39, 0.29) is 24.2 Å². The molecule has 2 heterocycles. The summed E-state index contributed by atoms with van der Waals surface area (Å²) in [5, 5.41) is 2.79. The fraction of sp³-hybridized carbons (Fsp3) is 0.421. The molecule has 1 aromatic carbocycles. The second-order valence-corrected chi connectivity index (χ2v) is 6.23. The maximum atomic E-state index is 13.7. The van der Waals surface area contributed by atoms with Crippen LogP contribution in [0.25, 0.3) is 0 Å². The number of methoxy groups -OCH3 is 1. The Morgan fingerprint density at radius 3 is 2.77 bits per heavy atom. The zero-order chi connectivity index (χ0) is 18.4. The highest BCUT2D eigenvalue weighted by atomic mass is 19.1. The highest BCUT2D eigenvalue weighted by Crippen LogP contribution is 2.24. The molecule has 1 atom stereocenters. The maximum Gasteiger partial charge on any atom is 0.224 e. The van der Waals surface area contributed by atoms with Gasteiger partial charge in [-0.1, -0.05) is 6.07 Å². The second-order valence-electron chi connectivity index (χ2n) is 6.23. The number of amides is 1. The lowest BCUT2D eigenvalue weighted by molar-refractivity contribution is -0.120. The lowest BCUT2D eigenvalue weighted by Crippen LogP contribution is -2.25. The van der Waals surface area contributed by atoms with Crippen LogP contribution in [0.2, 0.25) is 0 Å². The van der Waals surface area contributed by atoms with Gasteiger partial charge in [-0.2, -0.15) is 0 Å². The molecule has 3 rings (SSSR count). The molecule has 0 spiro atoms. The summed E-state index contributed by atoms with van der Waals surface area (Å²) in [6.07, 6.45) is 6.61. The van der Waals surface area contributed by atoms with E-state index in [1.54, 1.807) is 18.5 Å². The molecular formula is C19H22FN3O3. The fourth-order valence-corrected chi connectivity index (χ4v) is 2.84. The molecular weight excluding hydrogens is 337 g/mol. The Morgan fingerprint density at radius 1 is 1.31 bits per heavy atom. The number of hydrogen-bond donors (Lipinski definition) is 1. The topological polar surface area (TPSA) is 73.3 Å². The number of halogens is 1. The van der Waals surface area contributed by atoms with Crippen molar-refractivity contribution in [2.45, 2.75) is 38.3 Å². The Kier molecular flexibility index (Phi) is 6.12. The Hall–Kier alpha value is -2.54. The van der Waals surface area contributed by atoms with Crippen molar-refractivity contribution in [3.63, 3.8) is 0 Å². The number of carbonyl (C=O) groups is 1. The van der Waals surface area contributed by atoms with E-state index in [0.717, 1.165) is 31.4 Å². The van der Waals surface area contributed by atoms with Crippen molar-refractivity contribution in [1.29, 1.82) is 0 Å². The van der Waals surface area contributed by atoms with E-state index in [2.05, 4.69) is 15.3 Å². The van der Waals surface area contributed by atoms with Gasteiger partial charge in [0, 0.05) is 31.1 Å². The first-order valence-electron chi connectivity index (χ1n) is 8.67. The Labute approximate surface area is 151 Å². The predicted molar refractivity (Wildman–Crippen MR) is 93.1 cm³/mol. The molecule has 1 N–H and O–H groups in total. The van der Waals surface area contributed by atoms with Gasteiger partial charge in [0.2, 0.25) is 5.91 Å². The van der Waals surface area contributed by atoms with E-state index in [0.29, 0.717) is 17.9 Å². The molecule has 1 amide bonds. The van der Waals surface area contributed by atoms with Crippen LogP contribution in [0.15, 0.2) is 30.6 Å². The molecule has 0 unspecified atom stereocenters. The highest BCUT2D eigenvalue weighted by Gasteiger charge is 2.18. The summed E-state index contributed by atoms with van der Waals surface area (Å²) in [6, 6.07) is 4.49. The number of hydrogen-bond acceptors (Lipinski definition) is 5. The van der Waals surface area contributed by atoms with Gasteiger partial charge in [0.25, 0.3) is 0 Å². The largest absolute Gasteiger partial charge is 0.494 e. The van der Waals surface area contributed by atoms with Crippen LogP contribution in [0, 0.1) is 5.82 Å². The molecule has 1 fully saturated rings. The van der Waals surface area contributed by atoms with E-state index >= 15 is 0 Å². The van der Waals surface area contributed by atoms with Crippen molar-refractivity contribution in [3.05, 3.63) is 53.4 Å². The van der Waals surface area contributed by atoms with Crippen molar-refractivity contribution in [2.75, 3.05) is 13.7 Å². The van der Waals surface area contributed by atoms with Crippen molar-refractivity contribution in [3.8, 4) is 5.75 Å². The van der Waals surface area contributed by atoms with E-state index in [1.807, 2.05) is 0 Å². The Balaban J connectivity index is 1.50. The van der Waals surface area contributed by atoms with Crippen LogP contribution in [0.3, 0.4) is 0 Å². The third-order valence-electron chi connectivity index (χ3n) is 4.26. The Bertz CT molecular complexity index is 746. The number of aromatic nitrogens is 2. The standard InChI is InChI=1S/C19H22FN3O3/c1-25-16-6-5-13(8-15(16)20)9-18(24)21-10-14-11-22-19(23-12-14)17-4-2-3-7-26-17/h5-6,8,11-12,17H,2-4,7,9-10H2,1H3,(H,21,24)/t17-/m0/s1. The second kappa shape index (κ2) is 8.71. The van der Waals surface area contributed by atoms with Crippen molar-refractivity contribution in [1.82, 2.24) is 15.3 Å². The van der Waals surface area contributed by atoms with Crippen LogP contribution >= 0.6 is 0 Å². The van der Waals surface area contributed by atoms with Crippen molar-refractivity contribution < 1.29 is 18.7 Å². The first-order valence-corrected chi connectivity index (χ1v) is 8.67. The van der Waals surface area contributed by atoms with Gasteiger partial charge in [-0.15, -0.1) is 0 Å². The lowest BCUT2D eigenvalue weighted by Gasteiger charge is -2.21. The fourth-order valence-electron chi connectivity index (χ4n) is 2.84. The van der Waals surface area contributed by atoms with Gasteiger partial charge in [0.05, 0.1) is 13.5 Å². The van der Waals surface area contributed by atoms with E-state index < -0.39 is 5.82 Å². The average molecular weight is 359 g/mol. The molecule has 0 bridgehead atoms. The first-order chi connectivity index (χ1) is 12.7. The van der Waals surface area contributed by atoms with Gasteiger partial charge in [-0.05, 0) is 37.0 Å². The van der Waals surface area contributed by atoms with Gasteiger partial charge < -0.3 is 14.8 Å². The van der Waals surface area contributed by atoms with Gasteiger partial charge in [-0.3, -0.25) is 4.79 Å². The molecule has 2 aromatic rings. The highest BCUT2D eigenvalue weighted by molar-refractivity contribution is 5.78. The summed E-state index contributed by atoms with van der Waals surface area (Å²) in [5.74, 6) is 0.169. The number of ether oxygens (including phenoxy) is 2. The first kappa shape index (κ1) is 18.3. The molecule has 7 heteroatoms. The van der Waals surface area contributed by atoms with E-state index in [4.69, 9.17) is 9.47 Å². The summed E-state index contributed by atoms with van der Waals surface area (Å²) < 4.78 is 24.2. The zero-order valence-corrected chi connectivity index (χ0v) is 14.7. The summed E-state index contributed by atoms with van der Waals surface area (Å²) in [7, 11) is 1.40. The van der Waals surface area contributed by atoms with Crippen LogP contribution in [0.5, 0.6) is 5.75 Å². The summed E-state index contributed by atoms with van der Waals surface area (Å²) in [5.41, 5.74) is 1.39. The van der Waals surface area contributed by atoms with Gasteiger partial charge in [0.15, 0.2) is 17.4 Å². The van der Waals surface area contributed by atoms with Crippen LogP contribution in [0.1, 0.15) is 42.3 Å². The number of carbonyl (C=O) groups excluding carboxylic acids is 1. The van der Waals surface area contributed by atoms with Crippen molar-refractivity contribution in [2.24, 2.45) is 0 Å². The Morgan fingerprint density at radius 2 is 2.12 bits per heavy atom. The molecule has 0 saturated carbocycles. The number of nitrogens with one attached hydrogen (secondary N) is 1. The van der Waals surface area contributed by atoms with Crippen LogP contribution in [0.4, 0.5) is 4.39 Å². The van der Waals surface area contributed by atoms with E-state index in [9.17, 15) is 9.18 Å². The molecule has 1 aromatic heterocycles. The average Bonchev–Trinajstić information content (AvgIpc) is 2.68. The normalized spacial score (nSPS) is 16.9. The SMILES string of the molecule is COc1ccc(CC(=O)NCc2cnc([C@@H]3CCCCO3)nc2)cc1F. The molecule has 138 valence electrons. The third kappa shape index (κ3) is 4.76. The minimum atomic E-state index is -0.480. The number of benzene rings is 1. The summed E-state index contributed by atoms with van der Waals surface area (Å²) in [6.45, 7) is 1.07. The predicted octanol–water partition coefficient (Wildman–Crippen LogP) is 2.72. The third-order valence-corrected chi connectivity index (χ3v) is 4.26. The quantitative estimate of drug-likeness (QED) is 0.858. The monoisotopic (exact) mass is 359 g/mol. The van der Waals surface area contributed by atoms with Crippen LogP contribution in [-0.2, 0) is 22.5 Å². The molecule has 0 radical (unpaired) electrons. The number of nitrogens with zero attached hydrogens (tertiary/aromatic N) is 2. The lowest BCUT2D eigenvalue weighted by atomic mass is 10.1.